The molecule has 0 aliphatic rings. The summed E-state index contributed by atoms with van der Waals surface area (Å²) in [6.45, 7) is 1.62. The molecule has 1 amide bonds. The molecule has 0 unspecified atom stereocenters. The van der Waals surface area contributed by atoms with Gasteiger partial charge in [0.1, 0.15) is 12.1 Å². The van der Waals surface area contributed by atoms with E-state index in [0.29, 0.717) is 5.56 Å². The predicted octanol–water partition coefficient (Wildman–Crippen LogP) is 4.43. The summed E-state index contributed by atoms with van der Waals surface area (Å²) in [6, 6.07) is 3.95. The second kappa shape index (κ2) is 8.72. The molecule has 0 radical (unpaired) electrons. The highest BCUT2D eigenvalue weighted by atomic mass is 79.9. The Morgan fingerprint density at radius 3 is 2.67 bits per heavy atom. The van der Waals surface area contributed by atoms with Crippen molar-refractivity contribution in [2.45, 2.75) is 32.6 Å². The Labute approximate surface area is 181 Å². The van der Waals surface area contributed by atoms with Crippen LogP contribution in [-0.4, -0.2) is 30.5 Å². The van der Waals surface area contributed by atoms with Crippen LogP contribution in [-0.2, 0) is 24.1 Å². The molecule has 1 N–H and O–H groups in total. The molecule has 0 aliphatic heterocycles. The van der Waals surface area contributed by atoms with Crippen molar-refractivity contribution in [1.29, 1.82) is 0 Å². The molecule has 3 aromatic rings. The van der Waals surface area contributed by atoms with E-state index in [-0.39, 0.29) is 40.6 Å². The average molecular weight is 510 g/mol. The van der Waals surface area contributed by atoms with Crippen molar-refractivity contribution in [2.75, 3.05) is 5.32 Å². The van der Waals surface area contributed by atoms with Gasteiger partial charge in [-0.05, 0) is 40.5 Å². The van der Waals surface area contributed by atoms with Crippen LogP contribution in [0.4, 0.5) is 23.5 Å². The molecule has 30 heavy (non-hydrogen) atoms. The van der Waals surface area contributed by atoms with Gasteiger partial charge in [-0.1, -0.05) is 17.7 Å². The van der Waals surface area contributed by atoms with Crippen molar-refractivity contribution in [3.63, 3.8) is 0 Å². The average Bonchev–Trinajstić information content (AvgIpc) is 3.20. The van der Waals surface area contributed by atoms with Gasteiger partial charge in [-0.2, -0.15) is 18.3 Å². The summed E-state index contributed by atoms with van der Waals surface area (Å²) in [5.41, 5.74) is -0.171. The van der Waals surface area contributed by atoms with Gasteiger partial charge in [-0.3, -0.25) is 14.8 Å². The minimum atomic E-state index is -4.60. The zero-order chi connectivity index (χ0) is 22.1. The van der Waals surface area contributed by atoms with Gasteiger partial charge in [0.25, 0.3) is 0 Å². The minimum Gasteiger partial charge on any atom is -0.293 e. The van der Waals surface area contributed by atoms with Crippen LogP contribution < -0.4 is 5.32 Å². The summed E-state index contributed by atoms with van der Waals surface area (Å²) in [6.07, 6.45) is -3.37. The minimum absolute atomic E-state index is 0.0209. The van der Waals surface area contributed by atoms with Gasteiger partial charge in [0.2, 0.25) is 11.9 Å². The summed E-state index contributed by atoms with van der Waals surface area (Å²) in [5.74, 6) is -0.933. The fourth-order valence-corrected chi connectivity index (χ4v) is 3.31. The van der Waals surface area contributed by atoms with E-state index in [1.807, 2.05) is 0 Å². The number of nitrogens with zero attached hydrogens (tertiary/aromatic N) is 5. The van der Waals surface area contributed by atoms with Crippen molar-refractivity contribution in [3.8, 4) is 0 Å². The highest BCUT2D eigenvalue weighted by Gasteiger charge is 2.37. The van der Waals surface area contributed by atoms with Gasteiger partial charge < -0.3 is 0 Å². The summed E-state index contributed by atoms with van der Waals surface area (Å²) >= 11 is 8.85. The molecule has 0 saturated carbocycles. The van der Waals surface area contributed by atoms with Crippen molar-refractivity contribution < 1.29 is 22.4 Å². The van der Waals surface area contributed by atoms with Gasteiger partial charge in [0.05, 0.1) is 23.3 Å². The predicted molar refractivity (Wildman–Crippen MR) is 103 cm³/mol. The molecule has 0 bridgehead atoms. The molecule has 0 saturated heterocycles. The van der Waals surface area contributed by atoms with Crippen molar-refractivity contribution in [1.82, 2.24) is 24.5 Å². The number of alkyl halides is 3. The lowest BCUT2D eigenvalue weighted by Gasteiger charge is -2.05. The number of carbonyl (C=O) groups is 1. The van der Waals surface area contributed by atoms with Crippen LogP contribution in [0.3, 0.4) is 0 Å². The highest BCUT2D eigenvalue weighted by molar-refractivity contribution is 9.10. The third kappa shape index (κ3) is 5.17. The summed E-state index contributed by atoms with van der Waals surface area (Å²) in [4.78, 5) is 16.1. The number of benzene rings is 1. The molecule has 0 atom stereocenters. The maximum atomic E-state index is 13.1. The van der Waals surface area contributed by atoms with Crippen LogP contribution in [0.1, 0.15) is 23.4 Å². The van der Waals surface area contributed by atoms with E-state index in [1.54, 1.807) is 0 Å². The fourth-order valence-electron chi connectivity index (χ4n) is 2.57. The smallest absolute Gasteiger partial charge is 0.293 e. The van der Waals surface area contributed by atoms with E-state index < -0.39 is 23.6 Å². The summed E-state index contributed by atoms with van der Waals surface area (Å²) < 4.78 is 54.2. The first kappa shape index (κ1) is 22.2. The first-order valence-corrected chi connectivity index (χ1v) is 9.65. The SMILES string of the molecule is Cc1c(Br)c(C(F)(F)F)nn1CCC(=O)Nc1ncn(Cc2ccc(F)cc2Cl)n1. The third-order valence-electron chi connectivity index (χ3n) is 4.09. The molecule has 13 heteroatoms. The molecule has 2 heterocycles. The maximum absolute atomic E-state index is 13.1. The second-order valence-electron chi connectivity index (χ2n) is 6.27. The highest BCUT2D eigenvalue weighted by Crippen LogP contribution is 2.35. The van der Waals surface area contributed by atoms with Crippen molar-refractivity contribution in [3.05, 3.63) is 56.8 Å². The van der Waals surface area contributed by atoms with Gasteiger partial charge in [-0.15, -0.1) is 5.10 Å². The molecule has 2 aromatic heterocycles. The van der Waals surface area contributed by atoms with Crippen molar-refractivity contribution in [2.24, 2.45) is 0 Å². The molecule has 3 rings (SSSR count). The van der Waals surface area contributed by atoms with E-state index in [0.717, 1.165) is 4.68 Å². The zero-order valence-electron chi connectivity index (χ0n) is 15.3. The number of aromatic nitrogens is 5. The topological polar surface area (TPSA) is 77.6 Å². The number of hydrogen-bond acceptors (Lipinski definition) is 4. The van der Waals surface area contributed by atoms with E-state index >= 15 is 0 Å². The van der Waals surface area contributed by atoms with Crippen LogP contribution >= 0.6 is 27.5 Å². The van der Waals surface area contributed by atoms with Gasteiger partial charge in [0.15, 0.2) is 5.69 Å². The summed E-state index contributed by atoms with van der Waals surface area (Å²) in [7, 11) is 0. The molecular weight excluding hydrogens is 496 g/mol. The van der Waals surface area contributed by atoms with Crippen LogP contribution in [0.2, 0.25) is 5.02 Å². The monoisotopic (exact) mass is 508 g/mol. The Morgan fingerprint density at radius 2 is 2.03 bits per heavy atom. The third-order valence-corrected chi connectivity index (χ3v) is 5.39. The number of amides is 1. The quantitative estimate of drug-likeness (QED) is 0.499. The van der Waals surface area contributed by atoms with E-state index in [9.17, 15) is 22.4 Å². The fraction of sp³-hybridized carbons (Fsp3) is 0.294. The maximum Gasteiger partial charge on any atom is 0.436 e. The van der Waals surface area contributed by atoms with E-state index in [2.05, 4.69) is 36.4 Å². The molecule has 0 spiro atoms. The lowest BCUT2D eigenvalue weighted by molar-refractivity contribution is -0.142. The summed E-state index contributed by atoms with van der Waals surface area (Å²) in [5, 5.41) is 10.3. The molecule has 1 aromatic carbocycles. The number of hydrogen-bond donors (Lipinski definition) is 1. The molecule has 7 nitrogen and oxygen atoms in total. The number of halogens is 6. The Morgan fingerprint density at radius 1 is 1.30 bits per heavy atom. The van der Waals surface area contributed by atoms with E-state index in [1.165, 1.54) is 36.1 Å². The number of aryl methyl sites for hydroxylation is 1. The first-order valence-electron chi connectivity index (χ1n) is 8.48. The number of rotatable bonds is 6. The number of anilines is 1. The second-order valence-corrected chi connectivity index (χ2v) is 7.47. The Kier molecular flexibility index (Phi) is 6.46. The van der Waals surface area contributed by atoms with Gasteiger partial charge >= 0.3 is 6.18 Å². The Balaban J connectivity index is 1.59. The van der Waals surface area contributed by atoms with E-state index in [4.69, 9.17) is 11.6 Å². The van der Waals surface area contributed by atoms with Crippen LogP contribution in [0.15, 0.2) is 29.0 Å². The molecule has 0 fully saturated rings. The molecule has 160 valence electrons. The van der Waals surface area contributed by atoms with Gasteiger partial charge in [-0.25, -0.2) is 14.1 Å². The van der Waals surface area contributed by atoms with Crippen LogP contribution in [0.5, 0.6) is 0 Å². The van der Waals surface area contributed by atoms with Crippen LogP contribution in [0.25, 0.3) is 0 Å². The number of carbonyl (C=O) groups excluding carboxylic acids is 1. The number of nitrogens with one attached hydrogen (secondary N) is 1. The largest absolute Gasteiger partial charge is 0.436 e. The standard InChI is InChI=1S/C17H14BrClF4N6O/c1-9-14(18)15(17(21,22)23)26-29(9)5-4-13(30)25-16-24-8-28(27-16)7-10-2-3-11(20)6-12(10)19/h2-3,6,8H,4-5,7H2,1H3,(H,25,27,30). The van der Waals surface area contributed by atoms with Crippen LogP contribution in [0, 0.1) is 12.7 Å². The van der Waals surface area contributed by atoms with Gasteiger partial charge in [0, 0.05) is 11.4 Å². The lowest BCUT2D eigenvalue weighted by atomic mass is 10.2. The lowest BCUT2D eigenvalue weighted by Crippen LogP contribution is -2.17. The zero-order valence-corrected chi connectivity index (χ0v) is 17.7. The Hall–Kier alpha value is -2.47. The van der Waals surface area contributed by atoms with Crippen molar-refractivity contribution >= 4 is 39.4 Å². The normalized spacial score (nSPS) is 11.7. The first-order chi connectivity index (χ1) is 14.0. The molecule has 0 aliphatic carbocycles. The molecular formula is C17H14BrClF4N6O. The Bertz CT molecular complexity index is 1080.